The number of likely N-dealkylation sites (N-methyl/N-ethyl adjacent to an activating group) is 1. The zero-order chi connectivity index (χ0) is 13.7. The molecule has 0 radical (unpaired) electrons. The highest BCUT2D eigenvalue weighted by molar-refractivity contribution is 5.99. The first kappa shape index (κ1) is 13.9. The molecule has 0 aliphatic carbocycles. The molecule has 0 atom stereocenters. The zero-order valence-electron chi connectivity index (χ0n) is 11.6. The van der Waals surface area contributed by atoms with Crippen LogP contribution in [0.3, 0.4) is 0 Å². The standard InChI is InChI=1S/C15H23N3O/c1-18-9-5-3-2-4-8-17-14-7-6-12(10-13(14)16)15(19)11-18/h6-7,10,17H,2-5,8-9,11,16H2,1H3. The minimum Gasteiger partial charge on any atom is -0.397 e. The molecular weight excluding hydrogens is 238 g/mol. The summed E-state index contributed by atoms with van der Waals surface area (Å²) < 4.78 is 0. The lowest BCUT2D eigenvalue weighted by atomic mass is 10.1. The second kappa shape index (κ2) is 6.57. The average molecular weight is 261 g/mol. The highest BCUT2D eigenvalue weighted by atomic mass is 16.1. The maximum absolute atomic E-state index is 12.1. The van der Waals surface area contributed by atoms with Crippen LogP contribution in [0.5, 0.6) is 0 Å². The lowest BCUT2D eigenvalue weighted by molar-refractivity contribution is 0.0945. The topological polar surface area (TPSA) is 58.4 Å². The molecule has 0 unspecified atom stereocenters. The largest absolute Gasteiger partial charge is 0.397 e. The molecular formula is C15H23N3O. The van der Waals surface area contributed by atoms with E-state index < -0.39 is 0 Å². The highest BCUT2D eigenvalue weighted by Crippen LogP contribution is 2.21. The van der Waals surface area contributed by atoms with Crippen LogP contribution in [0.4, 0.5) is 11.4 Å². The van der Waals surface area contributed by atoms with Gasteiger partial charge in [0.15, 0.2) is 5.78 Å². The molecule has 0 amide bonds. The van der Waals surface area contributed by atoms with Crippen molar-refractivity contribution in [2.24, 2.45) is 0 Å². The number of Topliss-reactive ketones (excluding diaryl/α,β-unsaturated/α-hetero) is 1. The van der Waals surface area contributed by atoms with E-state index in [1.54, 1.807) is 6.07 Å². The number of rotatable bonds is 0. The van der Waals surface area contributed by atoms with Crippen LogP contribution in [-0.4, -0.2) is 37.4 Å². The Morgan fingerprint density at radius 1 is 1.21 bits per heavy atom. The second-order valence-electron chi connectivity index (χ2n) is 5.30. The van der Waals surface area contributed by atoms with Gasteiger partial charge in [-0.3, -0.25) is 9.69 Å². The number of benzene rings is 1. The first-order valence-electron chi connectivity index (χ1n) is 7.02. The van der Waals surface area contributed by atoms with Crippen LogP contribution in [-0.2, 0) is 0 Å². The van der Waals surface area contributed by atoms with E-state index in [2.05, 4.69) is 10.2 Å². The number of hydrogen-bond acceptors (Lipinski definition) is 4. The van der Waals surface area contributed by atoms with E-state index in [9.17, 15) is 4.79 Å². The molecule has 0 fully saturated rings. The van der Waals surface area contributed by atoms with Crippen molar-refractivity contribution in [2.75, 3.05) is 37.7 Å². The van der Waals surface area contributed by atoms with Crippen molar-refractivity contribution in [3.05, 3.63) is 23.8 Å². The SMILES string of the molecule is CN1CCCCCCNc2ccc(cc2N)C(=O)C1. The van der Waals surface area contributed by atoms with Gasteiger partial charge in [0.2, 0.25) is 0 Å². The van der Waals surface area contributed by atoms with Gasteiger partial charge in [0.1, 0.15) is 0 Å². The van der Waals surface area contributed by atoms with Gasteiger partial charge in [-0.05, 0) is 44.6 Å². The summed E-state index contributed by atoms with van der Waals surface area (Å²) in [6.45, 7) is 2.38. The van der Waals surface area contributed by atoms with Gasteiger partial charge in [-0.2, -0.15) is 0 Å². The molecule has 2 aliphatic heterocycles. The Kier molecular flexibility index (Phi) is 4.80. The molecule has 2 heterocycles. The summed E-state index contributed by atoms with van der Waals surface area (Å²) in [7, 11) is 2.00. The molecule has 4 heteroatoms. The molecule has 19 heavy (non-hydrogen) atoms. The number of nitrogens with two attached hydrogens (primary N) is 1. The monoisotopic (exact) mass is 261 g/mol. The normalized spacial score (nSPS) is 18.9. The summed E-state index contributed by atoms with van der Waals surface area (Å²) in [6, 6.07) is 5.55. The summed E-state index contributed by atoms with van der Waals surface area (Å²) in [5, 5.41) is 3.34. The fourth-order valence-corrected chi connectivity index (χ4v) is 2.40. The number of carbonyl (C=O) groups is 1. The summed E-state index contributed by atoms with van der Waals surface area (Å²) in [4.78, 5) is 14.2. The summed E-state index contributed by atoms with van der Waals surface area (Å²) >= 11 is 0. The molecule has 0 aromatic heterocycles. The van der Waals surface area contributed by atoms with Crippen molar-refractivity contribution in [3.8, 4) is 0 Å². The molecule has 2 bridgehead atoms. The third-order valence-electron chi connectivity index (χ3n) is 3.57. The summed E-state index contributed by atoms with van der Waals surface area (Å²) in [6.07, 6.45) is 4.74. The van der Waals surface area contributed by atoms with Crippen molar-refractivity contribution in [3.63, 3.8) is 0 Å². The molecule has 1 aromatic carbocycles. The fourth-order valence-electron chi connectivity index (χ4n) is 2.40. The Balaban J connectivity index is 2.16. The average Bonchev–Trinajstić information content (AvgIpc) is 2.38. The number of hydrogen-bond donors (Lipinski definition) is 2. The number of nitrogen functional groups attached to an aromatic ring is 1. The van der Waals surface area contributed by atoms with Crippen molar-refractivity contribution in [2.45, 2.75) is 25.7 Å². The van der Waals surface area contributed by atoms with Gasteiger partial charge < -0.3 is 11.1 Å². The van der Waals surface area contributed by atoms with E-state index in [0.29, 0.717) is 17.8 Å². The summed E-state index contributed by atoms with van der Waals surface area (Å²) in [5.41, 5.74) is 8.28. The van der Waals surface area contributed by atoms with E-state index in [1.807, 2.05) is 19.2 Å². The Morgan fingerprint density at radius 2 is 2.00 bits per heavy atom. The molecule has 2 aliphatic rings. The van der Waals surface area contributed by atoms with Crippen molar-refractivity contribution < 1.29 is 4.79 Å². The maximum Gasteiger partial charge on any atom is 0.176 e. The fraction of sp³-hybridized carbons (Fsp3) is 0.533. The van der Waals surface area contributed by atoms with Gasteiger partial charge in [0.25, 0.3) is 0 Å². The Hall–Kier alpha value is -1.55. The van der Waals surface area contributed by atoms with Gasteiger partial charge in [0, 0.05) is 12.1 Å². The Labute approximate surface area is 115 Å². The molecule has 3 N–H and O–H groups in total. The van der Waals surface area contributed by atoms with Crippen LogP contribution in [0.15, 0.2) is 18.2 Å². The van der Waals surface area contributed by atoms with Gasteiger partial charge in [-0.15, -0.1) is 0 Å². The molecule has 0 saturated carbocycles. The van der Waals surface area contributed by atoms with Crippen LogP contribution in [0, 0.1) is 0 Å². The van der Waals surface area contributed by atoms with E-state index in [1.165, 1.54) is 12.8 Å². The summed E-state index contributed by atoms with van der Waals surface area (Å²) in [5.74, 6) is 0.137. The number of carbonyl (C=O) groups excluding carboxylic acids is 1. The Morgan fingerprint density at radius 3 is 2.79 bits per heavy atom. The lowest BCUT2D eigenvalue weighted by Crippen LogP contribution is -2.27. The smallest absolute Gasteiger partial charge is 0.176 e. The minimum atomic E-state index is 0.137. The molecule has 0 spiro atoms. The van der Waals surface area contributed by atoms with Crippen molar-refractivity contribution in [1.29, 1.82) is 0 Å². The van der Waals surface area contributed by atoms with Crippen molar-refractivity contribution in [1.82, 2.24) is 4.90 Å². The quantitative estimate of drug-likeness (QED) is 0.704. The first-order valence-corrected chi connectivity index (χ1v) is 7.02. The number of ketones is 1. The van der Waals surface area contributed by atoms with Gasteiger partial charge >= 0.3 is 0 Å². The van der Waals surface area contributed by atoms with E-state index in [-0.39, 0.29) is 5.78 Å². The van der Waals surface area contributed by atoms with E-state index >= 15 is 0 Å². The van der Waals surface area contributed by atoms with Crippen LogP contribution in [0.25, 0.3) is 0 Å². The number of fused-ring (bicyclic) bond motifs is 11. The maximum atomic E-state index is 12.1. The van der Waals surface area contributed by atoms with Crippen molar-refractivity contribution >= 4 is 17.2 Å². The predicted molar refractivity (Wildman–Crippen MR) is 79.6 cm³/mol. The third kappa shape index (κ3) is 3.96. The van der Waals surface area contributed by atoms with E-state index in [0.717, 1.165) is 31.6 Å². The van der Waals surface area contributed by atoms with Crippen LogP contribution >= 0.6 is 0 Å². The predicted octanol–water partition coefficient (Wildman–Crippen LogP) is 2.37. The molecule has 4 nitrogen and oxygen atoms in total. The third-order valence-corrected chi connectivity index (χ3v) is 3.57. The van der Waals surface area contributed by atoms with Crippen LogP contribution < -0.4 is 11.1 Å². The van der Waals surface area contributed by atoms with Gasteiger partial charge in [-0.25, -0.2) is 0 Å². The minimum absolute atomic E-state index is 0.137. The molecule has 3 rings (SSSR count). The second-order valence-corrected chi connectivity index (χ2v) is 5.30. The number of anilines is 2. The number of nitrogens with one attached hydrogen (secondary N) is 1. The van der Waals surface area contributed by atoms with Gasteiger partial charge in [-0.1, -0.05) is 12.8 Å². The molecule has 1 aromatic rings. The zero-order valence-corrected chi connectivity index (χ0v) is 11.6. The van der Waals surface area contributed by atoms with Crippen LogP contribution in [0.2, 0.25) is 0 Å². The number of nitrogens with zero attached hydrogens (tertiary/aromatic N) is 1. The lowest BCUT2D eigenvalue weighted by Gasteiger charge is -2.17. The first-order chi connectivity index (χ1) is 9.16. The highest BCUT2D eigenvalue weighted by Gasteiger charge is 2.11. The van der Waals surface area contributed by atoms with Crippen LogP contribution in [0.1, 0.15) is 36.0 Å². The molecule has 0 saturated heterocycles. The Bertz CT molecular complexity index is 445. The van der Waals surface area contributed by atoms with Gasteiger partial charge in [0.05, 0.1) is 17.9 Å². The molecule has 104 valence electrons. The van der Waals surface area contributed by atoms with E-state index in [4.69, 9.17) is 5.73 Å².